The number of nitrogens with one attached hydrogen (secondary N) is 3. The molecule has 3 N–H and O–H groups in total. The minimum atomic E-state index is 0.457. The fourth-order valence-electron chi connectivity index (χ4n) is 1.93. The van der Waals surface area contributed by atoms with E-state index in [4.69, 9.17) is 4.42 Å². The average molecular weight is 287 g/mol. The molecule has 0 unspecified atom stereocenters. The average Bonchev–Trinajstić information content (AvgIpc) is 3.11. The fourth-order valence-corrected chi connectivity index (χ4v) is 1.93. The SMILES string of the molecule is CCCNc1nc(NCc2ncc(C)o2)c2cn[nH]c2n1. The monoisotopic (exact) mass is 287 g/mol. The molecule has 0 atom stereocenters. The third-order valence-corrected chi connectivity index (χ3v) is 2.92. The number of hydrogen-bond donors (Lipinski definition) is 3. The molecule has 0 saturated carbocycles. The number of anilines is 2. The van der Waals surface area contributed by atoms with Crippen molar-refractivity contribution in [3.8, 4) is 0 Å². The van der Waals surface area contributed by atoms with Crippen LogP contribution in [0.25, 0.3) is 11.0 Å². The van der Waals surface area contributed by atoms with Crippen LogP contribution in [-0.4, -0.2) is 31.7 Å². The van der Waals surface area contributed by atoms with Gasteiger partial charge in [-0.05, 0) is 13.3 Å². The molecule has 21 heavy (non-hydrogen) atoms. The van der Waals surface area contributed by atoms with Crippen LogP contribution in [0.3, 0.4) is 0 Å². The Morgan fingerprint density at radius 3 is 2.90 bits per heavy atom. The second-order valence-corrected chi connectivity index (χ2v) is 4.67. The lowest BCUT2D eigenvalue weighted by Crippen LogP contribution is -2.08. The maximum Gasteiger partial charge on any atom is 0.226 e. The highest BCUT2D eigenvalue weighted by Crippen LogP contribution is 2.20. The molecule has 3 rings (SSSR count). The minimum Gasteiger partial charge on any atom is -0.444 e. The molecule has 0 fully saturated rings. The number of aromatic amines is 1. The van der Waals surface area contributed by atoms with E-state index in [0.29, 0.717) is 29.8 Å². The van der Waals surface area contributed by atoms with Gasteiger partial charge in [0, 0.05) is 6.54 Å². The second-order valence-electron chi connectivity index (χ2n) is 4.67. The molecule has 0 amide bonds. The summed E-state index contributed by atoms with van der Waals surface area (Å²) in [6, 6.07) is 0. The first-order valence-corrected chi connectivity index (χ1v) is 6.86. The number of nitrogens with zero attached hydrogens (tertiary/aromatic N) is 4. The van der Waals surface area contributed by atoms with E-state index in [2.05, 4.69) is 42.7 Å². The summed E-state index contributed by atoms with van der Waals surface area (Å²) < 4.78 is 5.44. The van der Waals surface area contributed by atoms with Gasteiger partial charge in [-0.3, -0.25) is 5.10 Å². The van der Waals surface area contributed by atoms with E-state index in [-0.39, 0.29) is 0 Å². The van der Waals surface area contributed by atoms with E-state index in [9.17, 15) is 0 Å². The Hall–Kier alpha value is -2.64. The smallest absolute Gasteiger partial charge is 0.226 e. The van der Waals surface area contributed by atoms with Crippen LogP contribution in [0.1, 0.15) is 25.0 Å². The molecule has 8 heteroatoms. The molecule has 0 aliphatic heterocycles. The van der Waals surface area contributed by atoms with Crippen molar-refractivity contribution in [2.24, 2.45) is 0 Å². The van der Waals surface area contributed by atoms with E-state index < -0.39 is 0 Å². The number of oxazole rings is 1. The van der Waals surface area contributed by atoms with Crippen LogP contribution in [-0.2, 0) is 6.54 Å². The highest BCUT2D eigenvalue weighted by atomic mass is 16.4. The molecule has 3 aromatic rings. The Balaban J connectivity index is 1.83. The van der Waals surface area contributed by atoms with Gasteiger partial charge in [-0.2, -0.15) is 15.1 Å². The Labute approximate surface area is 121 Å². The van der Waals surface area contributed by atoms with Gasteiger partial charge in [0.15, 0.2) is 5.65 Å². The fraction of sp³-hybridized carbons (Fsp3) is 0.385. The summed E-state index contributed by atoms with van der Waals surface area (Å²) in [5.74, 6) is 2.67. The first-order chi connectivity index (χ1) is 10.3. The van der Waals surface area contributed by atoms with Gasteiger partial charge in [-0.25, -0.2) is 4.98 Å². The van der Waals surface area contributed by atoms with Gasteiger partial charge < -0.3 is 15.1 Å². The molecule has 0 spiro atoms. The molecule has 8 nitrogen and oxygen atoms in total. The molecular weight excluding hydrogens is 270 g/mol. The summed E-state index contributed by atoms with van der Waals surface area (Å²) in [6.07, 6.45) is 4.39. The standard InChI is InChI=1S/C13H17N7O/c1-3-4-14-13-18-11(9-6-17-20-12(9)19-13)16-7-10-15-5-8(2)21-10/h5-6H,3-4,7H2,1-2H3,(H3,14,16,17,18,19,20). The van der Waals surface area contributed by atoms with E-state index in [1.807, 2.05) is 6.92 Å². The van der Waals surface area contributed by atoms with Crippen LogP contribution >= 0.6 is 0 Å². The van der Waals surface area contributed by atoms with Gasteiger partial charge in [-0.15, -0.1) is 0 Å². The van der Waals surface area contributed by atoms with Crippen molar-refractivity contribution >= 4 is 22.8 Å². The molecule has 0 aliphatic carbocycles. The Morgan fingerprint density at radius 1 is 1.24 bits per heavy atom. The number of fused-ring (bicyclic) bond motifs is 1. The summed E-state index contributed by atoms with van der Waals surface area (Å²) in [7, 11) is 0. The number of rotatable bonds is 6. The lowest BCUT2D eigenvalue weighted by molar-refractivity contribution is 0.479. The van der Waals surface area contributed by atoms with Gasteiger partial charge >= 0.3 is 0 Å². The van der Waals surface area contributed by atoms with E-state index in [1.54, 1.807) is 12.4 Å². The molecule has 0 aromatic carbocycles. The van der Waals surface area contributed by atoms with Gasteiger partial charge in [0.2, 0.25) is 11.8 Å². The first-order valence-electron chi connectivity index (χ1n) is 6.86. The van der Waals surface area contributed by atoms with E-state index in [1.165, 1.54) is 0 Å². The van der Waals surface area contributed by atoms with Crippen molar-refractivity contribution in [3.05, 3.63) is 24.0 Å². The van der Waals surface area contributed by atoms with Crippen LogP contribution in [0.15, 0.2) is 16.8 Å². The highest BCUT2D eigenvalue weighted by Gasteiger charge is 2.10. The maximum absolute atomic E-state index is 5.44. The molecule has 0 radical (unpaired) electrons. The van der Waals surface area contributed by atoms with Crippen molar-refractivity contribution in [1.82, 2.24) is 25.1 Å². The number of aromatic nitrogens is 5. The van der Waals surface area contributed by atoms with Gasteiger partial charge in [-0.1, -0.05) is 6.92 Å². The second kappa shape index (κ2) is 5.78. The predicted molar refractivity (Wildman–Crippen MR) is 79.0 cm³/mol. The summed E-state index contributed by atoms with van der Waals surface area (Å²) in [6.45, 7) is 5.23. The van der Waals surface area contributed by atoms with Crippen LogP contribution in [0, 0.1) is 6.92 Å². The zero-order chi connectivity index (χ0) is 14.7. The van der Waals surface area contributed by atoms with Gasteiger partial charge in [0.05, 0.1) is 24.3 Å². The summed E-state index contributed by atoms with van der Waals surface area (Å²) in [5, 5.41) is 14.1. The molecule has 3 heterocycles. The number of H-pyrrole nitrogens is 1. The quantitative estimate of drug-likeness (QED) is 0.637. The zero-order valence-electron chi connectivity index (χ0n) is 12.0. The molecular formula is C13H17N7O. The lowest BCUT2D eigenvalue weighted by Gasteiger charge is -2.08. The van der Waals surface area contributed by atoms with Crippen LogP contribution in [0.5, 0.6) is 0 Å². The predicted octanol–water partition coefficient (Wildman–Crippen LogP) is 2.08. The summed E-state index contributed by atoms with van der Waals surface area (Å²) >= 11 is 0. The van der Waals surface area contributed by atoms with Crippen LogP contribution in [0.4, 0.5) is 11.8 Å². The lowest BCUT2D eigenvalue weighted by atomic mass is 10.4. The van der Waals surface area contributed by atoms with E-state index >= 15 is 0 Å². The molecule has 0 saturated heterocycles. The normalized spacial score (nSPS) is 11.0. The Morgan fingerprint density at radius 2 is 2.14 bits per heavy atom. The number of hydrogen-bond acceptors (Lipinski definition) is 7. The van der Waals surface area contributed by atoms with Gasteiger partial charge in [0.25, 0.3) is 0 Å². The molecule has 3 aromatic heterocycles. The molecule has 0 aliphatic rings. The number of aryl methyl sites for hydroxylation is 1. The summed E-state index contributed by atoms with van der Waals surface area (Å²) in [5.41, 5.74) is 0.690. The minimum absolute atomic E-state index is 0.457. The van der Waals surface area contributed by atoms with Crippen LogP contribution < -0.4 is 10.6 Å². The molecule has 0 bridgehead atoms. The van der Waals surface area contributed by atoms with Crippen molar-refractivity contribution in [3.63, 3.8) is 0 Å². The highest BCUT2D eigenvalue weighted by molar-refractivity contribution is 5.86. The van der Waals surface area contributed by atoms with Crippen molar-refractivity contribution in [2.45, 2.75) is 26.8 Å². The topological polar surface area (TPSA) is 105 Å². The maximum atomic E-state index is 5.44. The first kappa shape index (κ1) is 13.3. The molecule has 110 valence electrons. The van der Waals surface area contributed by atoms with Crippen molar-refractivity contribution in [1.29, 1.82) is 0 Å². The zero-order valence-corrected chi connectivity index (χ0v) is 12.0. The van der Waals surface area contributed by atoms with Gasteiger partial charge in [0.1, 0.15) is 11.6 Å². The van der Waals surface area contributed by atoms with Crippen molar-refractivity contribution < 1.29 is 4.42 Å². The largest absolute Gasteiger partial charge is 0.444 e. The Kier molecular flexibility index (Phi) is 3.67. The van der Waals surface area contributed by atoms with E-state index in [0.717, 1.165) is 24.1 Å². The Bertz CT molecular complexity index is 733. The van der Waals surface area contributed by atoms with Crippen molar-refractivity contribution in [2.75, 3.05) is 17.2 Å². The third-order valence-electron chi connectivity index (χ3n) is 2.92. The third kappa shape index (κ3) is 2.93. The van der Waals surface area contributed by atoms with Crippen LogP contribution in [0.2, 0.25) is 0 Å². The summed E-state index contributed by atoms with van der Waals surface area (Å²) in [4.78, 5) is 13.0.